The first-order valence-corrected chi connectivity index (χ1v) is 10.8. The summed E-state index contributed by atoms with van der Waals surface area (Å²) in [5.41, 5.74) is 2.58. The van der Waals surface area contributed by atoms with E-state index in [1.54, 1.807) is 4.31 Å². The third-order valence-electron chi connectivity index (χ3n) is 6.45. The monoisotopic (exact) mass is 378 g/mol. The van der Waals surface area contributed by atoms with Crippen molar-refractivity contribution in [3.8, 4) is 0 Å². The molecule has 1 saturated heterocycles. The highest BCUT2D eigenvalue weighted by Crippen LogP contribution is 2.50. The van der Waals surface area contributed by atoms with Crippen molar-refractivity contribution in [3.05, 3.63) is 34.9 Å². The van der Waals surface area contributed by atoms with Crippen molar-refractivity contribution < 1.29 is 17.9 Å². The van der Waals surface area contributed by atoms with Gasteiger partial charge in [0, 0.05) is 13.1 Å². The van der Waals surface area contributed by atoms with Crippen molar-refractivity contribution in [2.75, 3.05) is 20.2 Å². The second kappa shape index (κ2) is 6.32. The minimum absolute atomic E-state index is 0.262. The molecule has 26 heavy (non-hydrogen) atoms. The van der Waals surface area contributed by atoms with Crippen molar-refractivity contribution in [3.63, 3.8) is 0 Å². The highest BCUT2D eigenvalue weighted by atomic mass is 32.2. The summed E-state index contributed by atoms with van der Waals surface area (Å²) < 4.78 is 34.9. The number of rotatable bonds is 3. The molecule has 3 atom stereocenters. The molecule has 1 aromatic rings. The van der Waals surface area contributed by atoms with E-state index in [0.717, 1.165) is 37.7 Å². The van der Waals surface area contributed by atoms with Gasteiger partial charge in [0.05, 0.1) is 18.2 Å². The number of fused-ring (bicyclic) bond motifs is 1. The number of methoxy groups -OCH3 is 1. The first-order chi connectivity index (χ1) is 12.4. The largest absolute Gasteiger partial charge is 0.465 e. The average Bonchev–Trinajstić information content (AvgIpc) is 2.99. The number of esters is 1. The van der Waals surface area contributed by atoms with Crippen LogP contribution in [0.1, 0.15) is 47.7 Å². The summed E-state index contributed by atoms with van der Waals surface area (Å²) >= 11 is 0. The zero-order valence-corrected chi connectivity index (χ0v) is 16.1. The second-order valence-corrected chi connectivity index (χ2v) is 9.51. The molecule has 1 aromatic carbocycles. The van der Waals surface area contributed by atoms with Crippen molar-refractivity contribution in [1.82, 2.24) is 9.03 Å². The van der Waals surface area contributed by atoms with Gasteiger partial charge in [-0.2, -0.15) is 17.4 Å². The van der Waals surface area contributed by atoms with E-state index in [0.29, 0.717) is 24.6 Å². The minimum atomic E-state index is -3.40. The Labute approximate surface area is 155 Å². The molecule has 2 fully saturated rings. The van der Waals surface area contributed by atoms with Crippen LogP contribution in [0.3, 0.4) is 0 Å². The van der Waals surface area contributed by atoms with E-state index in [4.69, 9.17) is 4.74 Å². The summed E-state index contributed by atoms with van der Waals surface area (Å²) in [5, 5.41) is 0. The lowest BCUT2D eigenvalue weighted by molar-refractivity contribution is 0.0600. The highest BCUT2D eigenvalue weighted by molar-refractivity contribution is 7.87. The summed E-state index contributed by atoms with van der Waals surface area (Å²) in [4.78, 5) is 11.9. The van der Waals surface area contributed by atoms with Crippen LogP contribution in [0, 0.1) is 11.8 Å². The highest BCUT2D eigenvalue weighted by Gasteiger charge is 2.59. The topological polar surface area (TPSA) is 75.7 Å². The van der Waals surface area contributed by atoms with Crippen LogP contribution in [0.2, 0.25) is 0 Å². The Bertz CT molecular complexity index is 838. The maximum absolute atomic E-state index is 12.7. The molecule has 0 aromatic heterocycles. The summed E-state index contributed by atoms with van der Waals surface area (Å²) in [6.45, 7) is 3.14. The van der Waals surface area contributed by atoms with Crippen LogP contribution in [0.25, 0.3) is 0 Å². The molecule has 2 aliphatic carbocycles. The molecule has 142 valence electrons. The van der Waals surface area contributed by atoms with Gasteiger partial charge >= 0.3 is 5.97 Å². The quantitative estimate of drug-likeness (QED) is 0.815. The Balaban J connectivity index is 1.69. The standard InChI is InChI=1S/C19H26N2O4S/c1-3-8-21-12-19(20-26(21,23)24)16-6-7-17(19)11-15-9-14(18(22)25-2)5-4-13(15)10-16/h4-5,9,16-17,20H,3,6-8,10-12H2,1-2H3. The Kier molecular flexibility index (Phi) is 4.36. The van der Waals surface area contributed by atoms with Gasteiger partial charge in [0.15, 0.2) is 0 Å². The number of benzene rings is 1. The van der Waals surface area contributed by atoms with Crippen LogP contribution in [-0.2, 0) is 27.8 Å². The van der Waals surface area contributed by atoms with Crippen molar-refractivity contribution in [2.24, 2.45) is 11.8 Å². The smallest absolute Gasteiger partial charge is 0.337 e. The third-order valence-corrected chi connectivity index (χ3v) is 8.08. The van der Waals surface area contributed by atoms with E-state index >= 15 is 0 Å². The molecule has 0 radical (unpaired) electrons. The number of nitrogens with one attached hydrogen (secondary N) is 1. The van der Waals surface area contributed by atoms with E-state index in [9.17, 15) is 13.2 Å². The normalized spacial score (nSPS) is 32.4. The fourth-order valence-corrected chi connectivity index (χ4v) is 7.01. The first kappa shape index (κ1) is 17.9. The minimum Gasteiger partial charge on any atom is -0.465 e. The Morgan fingerprint density at radius 3 is 2.62 bits per heavy atom. The van der Waals surface area contributed by atoms with Crippen molar-refractivity contribution >= 4 is 16.2 Å². The van der Waals surface area contributed by atoms with E-state index in [2.05, 4.69) is 4.72 Å². The molecule has 1 spiro atoms. The SMILES string of the molecule is CCCN1CC2(NS1(=O)=O)C1CCC2Cc2cc(C(=O)OC)ccc2C1. The molecule has 6 nitrogen and oxygen atoms in total. The van der Waals surface area contributed by atoms with Gasteiger partial charge in [-0.3, -0.25) is 0 Å². The van der Waals surface area contributed by atoms with Crippen molar-refractivity contribution in [1.29, 1.82) is 0 Å². The number of hydrogen-bond donors (Lipinski definition) is 1. The summed E-state index contributed by atoms with van der Waals surface area (Å²) in [5.74, 6) is 0.236. The lowest BCUT2D eigenvalue weighted by Crippen LogP contribution is -2.52. The number of nitrogens with zero attached hydrogens (tertiary/aromatic N) is 1. The molecule has 2 bridgehead atoms. The van der Waals surface area contributed by atoms with Gasteiger partial charge in [-0.15, -0.1) is 0 Å². The second-order valence-electron chi connectivity index (χ2n) is 7.84. The van der Waals surface area contributed by atoms with Gasteiger partial charge in [-0.1, -0.05) is 13.0 Å². The van der Waals surface area contributed by atoms with Crippen LogP contribution in [-0.4, -0.2) is 44.4 Å². The molecule has 3 aliphatic rings. The summed E-state index contributed by atoms with van der Waals surface area (Å²) in [6, 6.07) is 5.77. The number of hydrogen-bond acceptors (Lipinski definition) is 4. The predicted molar refractivity (Wildman–Crippen MR) is 98.1 cm³/mol. The molecule has 7 heteroatoms. The molecule has 3 unspecified atom stereocenters. The van der Waals surface area contributed by atoms with E-state index in [1.807, 2.05) is 25.1 Å². The Hall–Kier alpha value is -1.44. The lowest BCUT2D eigenvalue weighted by Gasteiger charge is -2.33. The molecule has 0 amide bonds. The molecule has 1 N–H and O–H groups in total. The summed E-state index contributed by atoms with van der Waals surface area (Å²) in [7, 11) is -2.01. The van der Waals surface area contributed by atoms with Gasteiger partial charge in [-0.25, -0.2) is 4.79 Å². The molecular weight excluding hydrogens is 352 g/mol. The first-order valence-electron chi connectivity index (χ1n) is 9.39. The van der Waals surface area contributed by atoms with E-state index in [-0.39, 0.29) is 17.4 Å². The van der Waals surface area contributed by atoms with Crippen LogP contribution in [0.15, 0.2) is 18.2 Å². The van der Waals surface area contributed by atoms with E-state index in [1.165, 1.54) is 12.7 Å². The predicted octanol–water partition coefficient (Wildman–Crippen LogP) is 1.90. The molecule has 1 heterocycles. The van der Waals surface area contributed by atoms with Gasteiger partial charge in [0.1, 0.15) is 0 Å². The fraction of sp³-hybridized carbons (Fsp3) is 0.632. The molecule has 1 aliphatic heterocycles. The Morgan fingerprint density at radius 2 is 1.96 bits per heavy atom. The Morgan fingerprint density at radius 1 is 1.27 bits per heavy atom. The molecule has 4 rings (SSSR count). The average molecular weight is 378 g/mol. The van der Waals surface area contributed by atoms with Gasteiger partial charge in [-0.05, 0) is 67.2 Å². The molecule has 1 saturated carbocycles. The van der Waals surface area contributed by atoms with Crippen LogP contribution >= 0.6 is 0 Å². The number of ether oxygens (including phenoxy) is 1. The zero-order valence-electron chi connectivity index (χ0n) is 15.3. The van der Waals surface area contributed by atoms with E-state index < -0.39 is 10.2 Å². The van der Waals surface area contributed by atoms with Crippen LogP contribution < -0.4 is 4.72 Å². The fourth-order valence-electron chi connectivity index (χ4n) is 5.20. The van der Waals surface area contributed by atoms with Crippen LogP contribution in [0.4, 0.5) is 0 Å². The van der Waals surface area contributed by atoms with Crippen molar-refractivity contribution in [2.45, 2.75) is 44.6 Å². The molecular formula is C19H26N2O4S. The zero-order chi connectivity index (χ0) is 18.5. The van der Waals surface area contributed by atoms with Gasteiger partial charge < -0.3 is 4.74 Å². The lowest BCUT2D eigenvalue weighted by atomic mass is 9.79. The maximum Gasteiger partial charge on any atom is 0.337 e. The third kappa shape index (κ3) is 2.68. The number of carbonyl (C=O) groups is 1. The van der Waals surface area contributed by atoms with Gasteiger partial charge in [0.2, 0.25) is 0 Å². The van der Waals surface area contributed by atoms with Crippen LogP contribution in [0.5, 0.6) is 0 Å². The maximum atomic E-state index is 12.7. The van der Waals surface area contributed by atoms with Gasteiger partial charge in [0.25, 0.3) is 10.2 Å². The number of carbonyl (C=O) groups excluding carboxylic acids is 1. The summed E-state index contributed by atoms with van der Waals surface area (Å²) in [6.07, 6.45) is 4.55.